The zero-order valence-electron chi connectivity index (χ0n) is 9.74. The third-order valence-electron chi connectivity index (χ3n) is 2.43. The van der Waals surface area contributed by atoms with Crippen LogP contribution in [0.3, 0.4) is 0 Å². The van der Waals surface area contributed by atoms with Crippen LogP contribution in [0.4, 0.5) is 11.5 Å². The number of hydrogen-bond donors (Lipinski definition) is 2. The lowest BCUT2D eigenvalue weighted by atomic mass is 10.2. The summed E-state index contributed by atoms with van der Waals surface area (Å²) in [6, 6.07) is 4.49. The molecule has 1 heterocycles. The molecule has 2 N–H and O–H groups in total. The highest BCUT2D eigenvalue weighted by Crippen LogP contribution is 2.27. The van der Waals surface area contributed by atoms with Crippen LogP contribution in [0.25, 0.3) is 4.98 Å². The fraction of sp³-hybridized carbons (Fsp3) is 0.0909. The highest BCUT2D eigenvalue weighted by molar-refractivity contribution is 6.42. The Balaban J connectivity index is 2.26. The van der Waals surface area contributed by atoms with Gasteiger partial charge in [0.1, 0.15) is 5.69 Å². The molecule has 0 saturated carbocycles. The maximum absolute atomic E-state index is 12.0. The zero-order valence-corrected chi connectivity index (χ0v) is 11.2. The van der Waals surface area contributed by atoms with E-state index < -0.39 is 5.91 Å². The van der Waals surface area contributed by atoms with Gasteiger partial charge in [-0.3, -0.25) is 15.2 Å². The van der Waals surface area contributed by atoms with E-state index in [1.807, 2.05) is 0 Å². The fourth-order valence-electron chi connectivity index (χ4n) is 1.45. The molecule has 0 saturated heterocycles. The van der Waals surface area contributed by atoms with Gasteiger partial charge >= 0.3 is 5.69 Å². The molecule has 1 amide bonds. The Labute approximate surface area is 118 Å². The van der Waals surface area contributed by atoms with Gasteiger partial charge in [0.25, 0.3) is 11.7 Å². The van der Waals surface area contributed by atoms with Crippen molar-refractivity contribution in [3.8, 4) is 0 Å². The van der Waals surface area contributed by atoms with Gasteiger partial charge in [-0.05, 0) is 25.1 Å². The summed E-state index contributed by atoms with van der Waals surface area (Å²) >= 11 is 11.6. The number of diazo groups is 1. The zero-order chi connectivity index (χ0) is 14.0. The molecule has 8 heteroatoms. The second-order valence-corrected chi connectivity index (χ2v) is 4.54. The van der Waals surface area contributed by atoms with Crippen LogP contribution in [0.1, 0.15) is 16.1 Å². The van der Waals surface area contributed by atoms with E-state index in [0.29, 0.717) is 16.3 Å². The van der Waals surface area contributed by atoms with Gasteiger partial charge in [0.05, 0.1) is 10.0 Å². The summed E-state index contributed by atoms with van der Waals surface area (Å²) in [5.41, 5.74) is 1.03. The van der Waals surface area contributed by atoms with Crippen LogP contribution in [-0.4, -0.2) is 16.1 Å². The van der Waals surface area contributed by atoms with Crippen LogP contribution in [0, 0.1) is 12.3 Å². The molecule has 0 fully saturated rings. The van der Waals surface area contributed by atoms with Crippen molar-refractivity contribution < 1.29 is 4.79 Å². The summed E-state index contributed by atoms with van der Waals surface area (Å²) in [7, 11) is 0. The maximum Gasteiger partial charge on any atom is 0.449 e. The number of aromatic amines is 1. The van der Waals surface area contributed by atoms with Gasteiger partial charge in [-0.1, -0.05) is 23.2 Å². The molecule has 0 unspecified atom stereocenters. The number of aromatic nitrogens is 2. The predicted octanol–water partition coefficient (Wildman–Crippen LogP) is 3.76. The van der Waals surface area contributed by atoms with Crippen molar-refractivity contribution in [2.45, 2.75) is 6.92 Å². The number of hydrogen-bond acceptors (Lipinski definition) is 3. The van der Waals surface area contributed by atoms with Gasteiger partial charge in [0.2, 0.25) is 5.39 Å². The molecular weight excluding hydrogens is 289 g/mol. The molecule has 96 valence electrons. The molecule has 2 rings (SSSR count). The van der Waals surface area contributed by atoms with Gasteiger partial charge < -0.3 is 0 Å². The minimum Gasteiger partial charge on any atom is -0.298 e. The molecular formula is C11H8Cl2N5O+. The normalized spacial score (nSPS) is 10.0. The first kappa shape index (κ1) is 13.3. The molecule has 0 aliphatic carbocycles. The quantitative estimate of drug-likeness (QED) is 0.827. The average molecular weight is 297 g/mol. The van der Waals surface area contributed by atoms with Gasteiger partial charge in [-0.25, -0.2) is 0 Å². The minimum atomic E-state index is -0.435. The second kappa shape index (κ2) is 5.26. The van der Waals surface area contributed by atoms with E-state index >= 15 is 0 Å². The standard InChI is InChI=1S/C11H7Cl2N5O/c1-5-9(16-14)10(18-17-5)15-11(19)6-2-3-7(12)8(13)4-6/h2-4,14H,1H3/p+1. The first-order valence-electron chi connectivity index (χ1n) is 5.19. The van der Waals surface area contributed by atoms with Crippen LogP contribution in [0.15, 0.2) is 18.2 Å². The van der Waals surface area contributed by atoms with Crippen LogP contribution in [0.2, 0.25) is 10.0 Å². The molecule has 0 aliphatic heterocycles. The number of H-pyrrole nitrogens is 1. The summed E-state index contributed by atoms with van der Waals surface area (Å²) < 4.78 is 0. The monoisotopic (exact) mass is 296 g/mol. The Morgan fingerprint density at radius 2 is 2.16 bits per heavy atom. The van der Waals surface area contributed by atoms with Crippen molar-refractivity contribution >= 4 is 40.6 Å². The number of rotatable bonds is 2. The molecule has 6 nitrogen and oxygen atoms in total. The number of halogens is 2. The van der Waals surface area contributed by atoms with Gasteiger partial charge in [0.15, 0.2) is 4.98 Å². The predicted molar refractivity (Wildman–Crippen MR) is 72.5 cm³/mol. The Morgan fingerprint density at radius 1 is 1.42 bits per heavy atom. The van der Waals surface area contributed by atoms with Gasteiger partial charge in [0, 0.05) is 5.56 Å². The molecule has 0 aliphatic rings. The van der Waals surface area contributed by atoms with E-state index in [9.17, 15) is 4.79 Å². The van der Waals surface area contributed by atoms with E-state index in [0.717, 1.165) is 0 Å². The number of carbonyl (C=O) groups is 1. The Hall–Kier alpha value is -2.10. The third-order valence-corrected chi connectivity index (χ3v) is 3.17. The topological polar surface area (TPSA) is 85.9 Å². The lowest BCUT2D eigenvalue weighted by Gasteiger charge is -2.02. The molecule has 0 spiro atoms. The summed E-state index contributed by atoms with van der Waals surface area (Å²) in [5.74, 6) is -0.300. The van der Waals surface area contributed by atoms with E-state index in [-0.39, 0.29) is 16.5 Å². The van der Waals surface area contributed by atoms with Crippen molar-refractivity contribution in [1.82, 2.24) is 10.2 Å². The summed E-state index contributed by atoms with van der Waals surface area (Å²) in [6.45, 7) is 1.66. The molecule has 0 radical (unpaired) electrons. The second-order valence-electron chi connectivity index (χ2n) is 3.73. The minimum absolute atomic E-state index is 0.135. The van der Waals surface area contributed by atoms with E-state index in [1.54, 1.807) is 6.92 Å². The van der Waals surface area contributed by atoms with Crippen molar-refractivity contribution in [3.05, 3.63) is 44.5 Å². The summed E-state index contributed by atoms with van der Waals surface area (Å²) in [4.78, 5) is 15.0. The van der Waals surface area contributed by atoms with Crippen molar-refractivity contribution in [3.63, 3.8) is 0 Å². The first-order valence-corrected chi connectivity index (χ1v) is 5.95. The number of benzene rings is 1. The molecule has 2 aromatic rings. The lowest BCUT2D eigenvalue weighted by Crippen LogP contribution is -2.12. The summed E-state index contributed by atoms with van der Waals surface area (Å²) in [6.07, 6.45) is 0. The number of nitrogens with zero attached hydrogens (tertiary/aromatic N) is 3. The first-order chi connectivity index (χ1) is 9.02. The molecule has 1 aromatic carbocycles. The Morgan fingerprint density at radius 3 is 2.79 bits per heavy atom. The maximum atomic E-state index is 12.0. The van der Waals surface area contributed by atoms with Gasteiger partial charge in [-0.15, -0.1) is 5.10 Å². The summed E-state index contributed by atoms with van der Waals surface area (Å²) in [5, 5.41) is 18.4. The van der Waals surface area contributed by atoms with E-state index in [4.69, 9.17) is 28.6 Å². The third kappa shape index (κ3) is 2.67. The number of aryl methyl sites for hydroxylation is 1. The Bertz CT molecular complexity index is 689. The number of anilines is 1. The molecule has 0 bridgehead atoms. The van der Waals surface area contributed by atoms with E-state index in [2.05, 4.69) is 20.5 Å². The van der Waals surface area contributed by atoms with Gasteiger partial charge in [-0.2, -0.15) is 0 Å². The van der Waals surface area contributed by atoms with Crippen molar-refractivity contribution in [2.75, 3.05) is 5.32 Å². The van der Waals surface area contributed by atoms with Crippen molar-refractivity contribution in [2.24, 2.45) is 0 Å². The lowest BCUT2D eigenvalue weighted by molar-refractivity contribution is 0.102. The average Bonchev–Trinajstić information content (AvgIpc) is 2.73. The number of carbonyl (C=O) groups excluding carboxylic acids is 1. The van der Waals surface area contributed by atoms with Crippen LogP contribution < -0.4 is 5.32 Å². The SMILES string of the molecule is Cc1[nH]nc(NC(=O)c2ccc(Cl)c(Cl)c2)c1[N+]#N. The number of amides is 1. The molecule has 1 aromatic heterocycles. The highest BCUT2D eigenvalue weighted by Gasteiger charge is 2.24. The van der Waals surface area contributed by atoms with Crippen LogP contribution >= 0.6 is 23.2 Å². The van der Waals surface area contributed by atoms with Crippen molar-refractivity contribution in [1.29, 1.82) is 5.39 Å². The largest absolute Gasteiger partial charge is 0.449 e. The fourth-order valence-corrected chi connectivity index (χ4v) is 1.75. The Kier molecular flexibility index (Phi) is 3.69. The highest BCUT2D eigenvalue weighted by atomic mass is 35.5. The number of nitrogens with one attached hydrogen (secondary N) is 2. The van der Waals surface area contributed by atoms with E-state index in [1.165, 1.54) is 18.2 Å². The van der Waals surface area contributed by atoms with Crippen LogP contribution in [0.5, 0.6) is 0 Å². The molecule has 0 atom stereocenters. The van der Waals surface area contributed by atoms with Crippen LogP contribution in [-0.2, 0) is 0 Å². The smallest absolute Gasteiger partial charge is 0.298 e. The molecule has 19 heavy (non-hydrogen) atoms.